The number of rotatable bonds is 14. The zero-order valence-electron chi connectivity index (χ0n) is 16.6. The molecule has 0 spiro atoms. The van der Waals surface area contributed by atoms with Gasteiger partial charge in [-0.1, -0.05) is 38.5 Å². The molecule has 31 heavy (non-hydrogen) atoms. The average molecular weight is 458 g/mol. The number of hydrogen-bond donors (Lipinski definition) is 2. The predicted octanol–water partition coefficient (Wildman–Crippen LogP) is 6.47. The van der Waals surface area contributed by atoms with E-state index in [4.69, 9.17) is 10.2 Å². The van der Waals surface area contributed by atoms with Gasteiger partial charge in [-0.2, -0.15) is 22.0 Å². The number of alkyl halides is 6. The van der Waals surface area contributed by atoms with Crippen LogP contribution in [0.15, 0.2) is 18.2 Å². The van der Waals surface area contributed by atoms with Gasteiger partial charge < -0.3 is 14.9 Å². The highest BCUT2D eigenvalue weighted by atomic mass is 19.4. The number of benzene rings is 1. The number of unbranched alkanes of at least 4 members (excludes halogenated alkanes) is 6. The van der Waals surface area contributed by atoms with E-state index in [1.165, 1.54) is 0 Å². The maximum absolute atomic E-state index is 14.0. The summed E-state index contributed by atoms with van der Waals surface area (Å²) in [4.78, 5) is 22.0. The minimum Gasteiger partial charge on any atom is -0.478 e. The van der Waals surface area contributed by atoms with Gasteiger partial charge in [0.25, 0.3) is 0 Å². The molecule has 0 bridgehead atoms. The summed E-state index contributed by atoms with van der Waals surface area (Å²) in [5.74, 6) is -3.92. The van der Waals surface area contributed by atoms with Crippen molar-refractivity contribution >= 4 is 11.9 Å². The molecule has 0 aromatic heterocycles. The second-order valence-corrected chi connectivity index (χ2v) is 7.12. The van der Waals surface area contributed by atoms with Crippen LogP contribution in [0.2, 0.25) is 0 Å². The van der Waals surface area contributed by atoms with E-state index in [-0.39, 0.29) is 12.8 Å². The van der Waals surface area contributed by atoms with Gasteiger partial charge in [-0.3, -0.25) is 0 Å². The Labute approximate surface area is 175 Å². The fraction of sp³-hybridized carbons (Fsp3) is 0.600. The summed E-state index contributed by atoms with van der Waals surface area (Å²) in [5, 5.41) is 17.9. The SMILES string of the molecule is O=C(O)c1cc(OC(F)(F)C(F)CCCCCCCCCC(F)(F)F)cc(C(=O)O)c1. The molecule has 1 unspecified atom stereocenters. The molecule has 2 N–H and O–H groups in total. The van der Waals surface area contributed by atoms with Gasteiger partial charge in [0.15, 0.2) is 0 Å². The Bertz CT molecular complexity index is 703. The molecule has 11 heteroatoms. The van der Waals surface area contributed by atoms with Crippen molar-refractivity contribution in [3.63, 3.8) is 0 Å². The Balaban J connectivity index is 2.44. The summed E-state index contributed by atoms with van der Waals surface area (Å²) in [6.45, 7) is 0. The number of hydrogen-bond acceptors (Lipinski definition) is 3. The van der Waals surface area contributed by atoms with Gasteiger partial charge in [0.1, 0.15) is 5.75 Å². The number of ether oxygens (including phenoxy) is 1. The molecule has 0 aliphatic heterocycles. The third-order valence-electron chi connectivity index (χ3n) is 4.44. The second kappa shape index (κ2) is 11.8. The largest absolute Gasteiger partial charge is 0.478 e. The van der Waals surface area contributed by atoms with E-state index in [1.807, 2.05) is 0 Å². The van der Waals surface area contributed by atoms with Crippen molar-refractivity contribution in [2.45, 2.75) is 76.2 Å². The van der Waals surface area contributed by atoms with E-state index in [9.17, 15) is 35.9 Å². The Morgan fingerprint density at radius 2 is 1.26 bits per heavy atom. The molecule has 0 aliphatic rings. The van der Waals surface area contributed by atoms with Gasteiger partial charge in [0.05, 0.1) is 11.1 Å². The van der Waals surface area contributed by atoms with Crippen LogP contribution in [0, 0.1) is 0 Å². The smallest absolute Gasteiger partial charge is 0.429 e. The fourth-order valence-corrected chi connectivity index (χ4v) is 2.83. The van der Waals surface area contributed by atoms with Gasteiger partial charge in [-0.05, 0) is 31.0 Å². The molecular formula is C20H24F6O5. The van der Waals surface area contributed by atoms with Crippen molar-refractivity contribution in [1.82, 2.24) is 0 Å². The van der Waals surface area contributed by atoms with Crippen molar-refractivity contribution in [2.24, 2.45) is 0 Å². The van der Waals surface area contributed by atoms with Crippen molar-refractivity contribution < 1.29 is 50.9 Å². The van der Waals surface area contributed by atoms with Crippen LogP contribution in [0.25, 0.3) is 0 Å². The van der Waals surface area contributed by atoms with Crippen LogP contribution in [-0.2, 0) is 0 Å². The van der Waals surface area contributed by atoms with E-state index in [1.54, 1.807) is 0 Å². The molecule has 1 atom stereocenters. The lowest BCUT2D eigenvalue weighted by molar-refractivity contribution is -0.221. The van der Waals surface area contributed by atoms with Gasteiger partial charge in [0, 0.05) is 6.42 Å². The summed E-state index contributed by atoms with van der Waals surface area (Å²) in [7, 11) is 0. The van der Waals surface area contributed by atoms with Crippen molar-refractivity contribution in [2.75, 3.05) is 0 Å². The minimum atomic E-state index is -4.30. The molecule has 0 saturated heterocycles. The summed E-state index contributed by atoms with van der Waals surface area (Å²) >= 11 is 0. The summed E-state index contributed by atoms with van der Waals surface area (Å²) in [6.07, 6.45) is -9.88. The maximum atomic E-state index is 14.0. The van der Waals surface area contributed by atoms with Crippen LogP contribution in [0.5, 0.6) is 5.75 Å². The lowest BCUT2D eigenvalue weighted by atomic mass is 10.1. The monoisotopic (exact) mass is 458 g/mol. The third kappa shape index (κ3) is 10.4. The molecule has 0 saturated carbocycles. The van der Waals surface area contributed by atoms with Gasteiger partial charge in [0.2, 0.25) is 6.17 Å². The van der Waals surface area contributed by atoms with Crippen LogP contribution in [0.3, 0.4) is 0 Å². The molecule has 0 heterocycles. The summed E-state index contributed by atoms with van der Waals surface area (Å²) in [5.41, 5.74) is -1.20. The van der Waals surface area contributed by atoms with E-state index in [0.717, 1.165) is 6.07 Å². The van der Waals surface area contributed by atoms with E-state index in [0.29, 0.717) is 44.2 Å². The van der Waals surface area contributed by atoms with Crippen molar-refractivity contribution in [1.29, 1.82) is 0 Å². The van der Waals surface area contributed by atoms with E-state index < -0.39 is 60.1 Å². The topological polar surface area (TPSA) is 83.8 Å². The Morgan fingerprint density at radius 1 is 0.806 bits per heavy atom. The van der Waals surface area contributed by atoms with E-state index >= 15 is 0 Å². The molecule has 0 amide bonds. The average Bonchev–Trinajstić information content (AvgIpc) is 2.64. The summed E-state index contributed by atoms with van der Waals surface area (Å²) < 4.78 is 82.2. The molecule has 0 radical (unpaired) electrons. The Morgan fingerprint density at radius 3 is 1.71 bits per heavy atom. The molecule has 1 aromatic rings. The zero-order valence-corrected chi connectivity index (χ0v) is 16.6. The minimum absolute atomic E-state index is 0.0340. The lowest BCUT2D eigenvalue weighted by Crippen LogP contribution is -2.36. The fourth-order valence-electron chi connectivity index (χ4n) is 2.83. The van der Waals surface area contributed by atoms with Crippen LogP contribution in [0.4, 0.5) is 26.3 Å². The highest BCUT2D eigenvalue weighted by Gasteiger charge is 2.42. The highest BCUT2D eigenvalue weighted by Crippen LogP contribution is 2.31. The van der Waals surface area contributed by atoms with Gasteiger partial charge in [-0.15, -0.1) is 0 Å². The van der Waals surface area contributed by atoms with Crippen LogP contribution < -0.4 is 4.74 Å². The van der Waals surface area contributed by atoms with Crippen LogP contribution in [-0.4, -0.2) is 40.6 Å². The molecule has 5 nitrogen and oxygen atoms in total. The first kappa shape index (κ1) is 26.6. The molecule has 1 aromatic carbocycles. The summed E-state index contributed by atoms with van der Waals surface area (Å²) in [6, 6.07) is 2.11. The molecule has 1 rings (SSSR count). The molecule has 0 aliphatic carbocycles. The van der Waals surface area contributed by atoms with Crippen LogP contribution in [0.1, 0.15) is 78.5 Å². The Hall–Kier alpha value is -2.46. The predicted molar refractivity (Wildman–Crippen MR) is 98.4 cm³/mol. The third-order valence-corrected chi connectivity index (χ3v) is 4.44. The number of carboxylic acids is 2. The normalized spacial score (nSPS) is 13.1. The second-order valence-electron chi connectivity index (χ2n) is 7.12. The number of aromatic carboxylic acids is 2. The van der Waals surface area contributed by atoms with Gasteiger partial charge >= 0.3 is 24.2 Å². The first-order chi connectivity index (χ1) is 14.3. The highest BCUT2D eigenvalue weighted by molar-refractivity contribution is 5.94. The zero-order chi connectivity index (χ0) is 23.7. The molecule has 176 valence electrons. The number of halogens is 6. The molecular weight excluding hydrogens is 434 g/mol. The standard InChI is InChI=1S/C20H24F6O5/c21-16(8-6-4-2-1-3-5-7-9-19(22,23)24)20(25,26)31-15-11-13(17(27)28)10-14(12-15)18(29)30/h10-12,16H,1-9H2,(H,27,28)(H,29,30). The first-order valence-corrected chi connectivity index (χ1v) is 9.71. The molecule has 0 fully saturated rings. The van der Waals surface area contributed by atoms with E-state index in [2.05, 4.69) is 4.74 Å². The lowest BCUT2D eigenvalue weighted by Gasteiger charge is -2.22. The number of carbonyl (C=O) groups is 2. The number of carboxylic acid groups (broad SMARTS) is 2. The van der Waals surface area contributed by atoms with Crippen LogP contribution >= 0.6 is 0 Å². The quantitative estimate of drug-likeness (QED) is 0.247. The van der Waals surface area contributed by atoms with Crippen molar-refractivity contribution in [3.8, 4) is 5.75 Å². The van der Waals surface area contributed by atoms with Gasteiger partial charge in [-0.25, -0.2) is 14.0 Å². The maximum Gasteiger partial charge on any atom is 0.429 e. The first-order valence-electron chi connectivity index (χ1n) is 9.71. The Kier molecular flexibility index (Phi) is 10.1. The van der Waals surface area contributed by atoms with Crippen molar-refractivity contribution in [3.05, 3.63) is 29.3 Å².